The molecule has 0 saturated heterocycles. The van der Waals surface area contributed by atoms with Gasteiger partial charge in [-0.05, 0) is 73.9 Å². The van der Waals surface area contributed by atoms with E-state index >= 15 is 0 Å². The zero-order valence-electron chi connectivity index (χ0n) is 24.8. The molecule has 0 spiro atoms. The lowest BCUT2D eigenvalue weighted by atomic mass is 10.1. The summed E-state index contributed by atoms with van der Waals surface area (Å²) in [4.78, 5) is 28.7. The zero-order valence-corrected chi connectivity index (χ0v) is 26.4. The Labute approximate surface area is 257 Å². The lowest BCUT2D eigenvalue weighted by Gasteiger charge is -2.33. The highest BCUT2D eigenvalue weighted by Crippen LogP contribution is 2.32. The Morgan fingerprint density at radius 3 is 2.12 bits per heavy atom. The fourth-order valence-corrected chi connectivity index (χ4v) is 5.94. The van der Waals surface area contributed by atoms with Crippen molar-refractivity contribution in [1.82, 2.24) is 10.2 Å². The second-order valence-electron chi connectivity index (χ2n) is 9.89. The maximum absolute atomic E-state index is 14.1. The molecular weight excluding hydrogens is 597 g/mol. The average molecular weight is 634 g/mol. The summed E-state index contributed by atoms with van der Waals surface area (Å²) in [5.41, 5.74) is 0.761. The van der Waals surface area contributed by atoms with Crippen LogP contribution in [0.15, 0.2) is 71.6 Å². The summed E-state index contributed by atoms with van der Waals surface area (Å²) >= 11 is 6.06. The van der Waals surface area contributed by atoms with Gasteiger partial charge in [0.1, 0.15) is 18.4 Å². The van der Waals surface area contributed by atoms with E-state index in [4.69, 9.17) is 21.1 Å². The molecule has 12 heteroatoms. The molecule has 3 aromatic carbocycles. The molecule has 0 fully saturated rings. The summed E-state index contributed by atoms with van der Waals surface area (Å²) < 4.78 is 53.4. The third-order valence-corrected chi connectivity index (χ3v) is 9.01. The molecule has 0 aromatic heterocycles. The van der Waals surface area contributed by atoms with Gasteiger partial charge >= 0.3 is 0 Å². The second kappa shape index (κ2) is 15.1. The van der Waals surface area contributed by atoms with Crippen molar-refractivity contribution in [2.24, 2.45) is 0 Å². The topological polar surface area (TPSA) is 105 Å². The Kier molecular flexibility index (Phi) is 11.8. The molecule has 2 amide bonds. The van der Waals surface area contributed by atoms with Gasteiger partial charge in [-0.25, -0.2) is 12.8 Å². The predicted octanol–water partition coefficient (Wildman–Crippen LogP) is 5.41. The van der Waals surface area contributed by atoms with E-state index in [0.717, 1.165) is 16.4 Å². The highest BCUT2D eigenvalue weighted by Gasteiger charge is 2.34. The molecule has 0 heterocycles. The van der Waals surface area contributed by atoms with Gasteiger partial charge in [0.05, 0.1) is 24.8 Å². The van der Waals surface area contributed by atoms with Crippen LogP contribution in [0.1, 0.15) is 39.2 Å². The molecule has 0 aliphatic rings. The molecular formula is C31H37ClFN3O6S. The third kappa shape index (κ3) is 8.39. The highest BCUT2D eigenvalue weighted by molar-refractivity contribution is 7.92. The molecule has 9 nitrogen and oxygen atoms in total. The summed E-state index contributed by atoms with van der Waals surface area (Å²) in [7, 11) is -1.60. The minimum atomic E-state index is -4.40. The second-order valence-corrected chi connectivity index (χ2v) is 12.2. The van der Waals surface area contributed by atoms with Gasteiger partial charge in [0.15, 0.2) is 11.5 Å². The van der Waals surface area contributed by atoms with E-state index in [2.05, 4.69) is 5.32 Å². The number of hydrogen-bond acceptors (Lipinski definition) is 6. The predicted molar refractivity (Wildman–Crippen MR) is 164 cm³/mol. The molecule has 0 bridgehead atoms. The third-order valence-electron chi connectivity index (χ3n) is 6.99. The van der Waals surface area contributed by atoms with Crippen molar-refractivity contribution in [1.29, 1.82) is 0 Å². The van der Waals surface area contributed by atoms with Gasteiger partial charge < -0.3 is 19.7 Å². The molecule has 0 radical (unpaired) electrons. The fraction of sp³-hybridized carbons (Fsp3) is 0.355. The summed E-state index contributed by atoms with van der Waals surface area (Å²) in [6.45, 7) is 4.93. The van der Waals surface area contributed by atoms with Crippen molar-refractivity contribution in [2.75, 3.05) is 25.1 Å². The van der Waals surface area contributed by atoms with Crippen LogP contribution in [0, 0.1) is 5.82 Å². The van der Waals surface area contributed by atoms with E-state index in [1.54, 1.807) is 31.2 Å². The van der Waals surface area contributed by atoms with Crippen LogP contribution in [0.5, 0.6) is 11.5 Å². The molecule has 0 unspecified atom stereocenters. The number of methoxy groups -OCH3 is 2. The number of carbonyl (C=O) groups is 2. The molecule has 1 N–H and O–H groups in total. The van der Waals surface area contributed by atoms with Crippen molar-refractivity contribution in [3.8, 4) is 11.5 Å². The monoisotopic (exact) mass is 633 g/mol. The Morgan fingerprint density at radius 2 is 1.56 bits per heavy atom. The summed E-state index contributed by atoms with van der Waals surface area (Å²) in [6, 6.07) is 14.6. The Bertz CT molecular complexity index is 1500. The van der Waals surface area contributed by atoms with Crippen LogP contribution < -0.4 is 19.1 Å². The molecule has 0 aliphatic heterocycles. The highest BCUT2D eigenvalue weighted by atomic mass is 35.5. The smallest absolute Gasteiger partial charge is 0.264 e. The minimum Gasteiger partial charge on any atom is -0.493 e. The number of ether oxygens (including phenoxy) is 2. The first-order chi connectivity index (χ1) is 20.4. The standard InChI is InChI=1S/C31H37ClFN3O6S/c1-6-21(3)34-31(38)27(7-2)35(19-22-8-10-23(32)11-9-22)30(37)20-36(25-14-12-24(33)13-15-25)43(39,40)26-16-17-28(41-4)29(18-26)42-5/h8-18,21,27H,6-7,19-20H2,1-5H3,(H,34,38)/t21-,27-/m0/s1. The number of amides is 2. The lowest BCUT2D eigenvalue weighted by Crippen LogP contribution is -2.53. The fourth-order valence-electron chi connectivity index (χ4n) is 4.39. The van der Waals surface area contributed by atoms with Gasteiger partial charge in [-0.3, -0.25) is 13.9 Å². The van der Waals surface area contributed by atoms with Crippen LogP contribution >= 0.6 is 11.6 Å². The number of nitrogens with zero attached hydrogens (tertiary/aromatic N) is 2. The number of halogens is 2. The van der Waals surface area contributed by atoms with Gasteiger partial charge in [0.25, 0.3) is 10.0 Å². The van der Waals surface area contributed by atoms with E-state index in [1.165, 1.54) is 49.5 Å². The SMILES string of the molecule is CC[C@H](C)NC(=O)[C@H](CC)N(Cc1ccc(Cl)cc1)C(=O)CN(c1ccc(F)cc1)S(=O)(=O)c1ccc(OC)c(OC)c1. The number of benzene rings is 3. The van der Waals surface area contributed by atoms with Crippen LogP contribution in [0.3, 0.4) is 0 Å². The molecule has 0 saturated carbocycles. The Balaban J connectivity index is 2.09. The first kappa shape index (κ1) is 33.7. The van der Waals surface area contributed by atoms with E-state index in [1.807, 2.05) is 13.8 Å². The van der Waals surface area contributed by atoms with Crippen LogP contribution in [0.4, 0.5) is 10.1 Å². The number of anilines is 1. The van der Waals surface area contributed by atoms with E-state index in [0.29, 0.717) is 22.8 Å². The van der Waals surface area contributed by atoms with Crippen LogP contribution in [0.25, 0.3) is 0 Å². The molecule has 2 atom stereocenters. The molecule has 3 rings (SSSR count). The van der Waals surface area contributed by atoms with E-state index in [9.17, 15) is 22.4 Å². The van der Waals surface area contributed by atoms with E-state index < -0.39 is 34.3 Å². The summed E-state index contributed by atoms with van der Waals surface area (Å²) in [6.07, 6.45) is 0.968. The van der Waals surface area contributed by atoms with Crippen molar-refractivity contribution in [3.63, 3.8) is 0 Å². The summed E-state index contributed by atoms with van der Waals surface area (Å²) in [5.74, 6) is -1.07. The average Bonchev–Trinajstić information content (AvgIpc) is 3.00. The van der Waals surface area contributed by atoms with Crippen molar-refractivity contribution < 1.29 is 31.9 Å². The first-order valence-electron chi connectivity index (χ1n) is 13.8. The van der Waals surface area contributed by atoms with Gasteiger partial charge in [-0.2, -0.15) is 0 Å². The van der Waals surface area contributed by atoms with Gasteiger partial charge in [0, 0.05) is 23.7 Å². The van der Waals surface area contributed by atoms with Gasteiger partial charge in [-0.1, -0.05) is 37.6 Å². The van der Waals surface area contributed by atoms with Crippen molar-refractivity contribution in [3.05, 3.63) is 83.1 Å². The van der Waals surface area contributed by atoms with Gasteiger partial charge in [0.2, 0.25) is 11.8 Å². The molecule has 43 heavy (non-hydrogen) atoms. The number of sulfonamides is 1. The maximum Gasteiger partial charge on any atom is 0.264 e. The summed E-state index contributed by atoms with van der Waals surface area (Å²) in [5, 5.41) is 3.43. The zero-order chi connectivity index (χ0) is 31.7. The number of rotatable bonds is 14. The minimum absolute atomic E-state index is 0.0239. The molecule has 232 valence electrons. The normalized spacial score (nSPS) is 12.6. The molecule has 3 aromatic rings. The largest absolute Gasteiger partial charge is 0.493 e. The van der Waals surface area contributed by atoms with E-state index in [-0.39, 0.29) is 41.2 Å². The number of nitrogens with one attached hydrogen (secondary N) is 1. The number of carbonyl (C=O) groups excluding carboxylic acids is 2. The first-order valence-corrected chi connectivity index (χ1v) is 15.6. The number of hydrogen-bond donors (Lipinski definition) is 1. The Morgan fingerprint density at radius 1 is 0.930 bits per heavy atom. The van der Waals surface area contributed by atoms with Gasteiger partial charge in [-0.15, -0.1) is 0 Å². The van der Waals surface area contributed by atoms with Crippen LogP contribution in [-0.4, -0.2) is 58.0 Å². The van der Waals surface area contributed by atoms with Crippen LogP contribution in [-0.2, 0) is 26.2 Å². The molecule has 0 aliphatic carbocycles. The maximum atomic E-state index is 14.1. The van der Waals surface area contributed by atoms with Crippen molar-refractivity contribution in [2.45, 2.75) is 57.1 Å². The van der Waals surface area contributed by atoms with Crippen molar-refractivity contribution >= 4 is 39.1 Å². The lowest BCUT2D eigenvalue weighted by molar-refractivity contribution is -0.140. The van der Waals surface area contributed by atoms with Crippen LogP contribution in [0.2, 0.25) is 5.02 Å². The Hall–Kier alpha value is -3.83. The quantitative estimate of drug-likeness (QED) is 0.254.